The number of aliphatic carboxylic acids is 1. The SMILES string of the molecule is NC1(CCOCCC(=O)O)[B]O1. The van der Waals surface area contributed by atoms with Crippen molar-refractivity contribution in [1.29, 1.82) is 0 Å². The third kappa shape index (κ3) is 3.70. The molecule has 67 valence electrons. The highest BCUT2D eigenvalue weighted by atomic mass is 16.5. The van der Waals surface area contributed by atoms with Gasteiger partial charge in [0.2, 0.25) is 0 Å². The summed E-state index contributed by atoms with van der Waals surface area (Å²) in [6.45, 7) is 0.658. The maximum absolute atomic E-state index is 10.0. The van der Waals surface area contributed by atoms with Crippen LogP contribution in [0, 0.1) is 0 Å². The lowest BCUT2D eigenvalue weighted by molar-refractivity contribution is -0.138. The summed E-state index contributed by atoms with van der Waals surface area (Å²) < 4.78 is 9.78. The fourth-order valence-electron chi connectivity index (χ4n) is 0.687. The van der Waals surface area contributed by atoms with Crippen molar-refractivity contribution in [2.75, 3.05) is 13.2 Å². The summed E-state index contributed by atoms with van der Waals surface area (Å²) in [5.41, 5.74) is 4.91. The third-order valence-corrected chi connectivity index (χ3v) is 1.52. The zero-order valence-electron chi connectivity index (χ0n) is 6.66. The van der Waals surface area contributed by atoms with Gasteiger partial charge in [-0.25, -0.2) is 0 Å². The number of carbonyl (C=O) groups is 1. The Morgan fingerprint density at radius 3 is 2.83 bits per heavy atom. The fourth-order valence-corrected chi connectivity index (χ4v) is 0.687. The Kier molecular flexibility index (Phi) is 3.08. The van der Waals surface area contributed by atoms with E-state index in [-0.39, 0.29) is 13.0 Å². The fraction of sp³-hybridized carbons (Fsp3) is 0.833. The maximum Gasteiger partial charge on any atom is 0.347 e. The molecule has 0 bridgehead atoms. The predicted octanol–water partition coefficient (Wildman–Crippen LogP) is -0.870. The Morgan fingerprint density at radius 1 is 1.67 bits per heavy atom. The number of carboxylic acids is 1. The summed E-state index contributed by atoms with van der Waals surface area (Å²) in [5.74, 6) is -0.855. The molecule has 0 spiro atoms. The first-order chi connectivity index (χ1) is 5.62. The van der Waals surface area contributed by atoms with Gasteiger partial charge in [-0.3, -0.25) is 4.79 Å². The van der Waals surface area contributed by atoms with Crippen LogP contribution in [0.1, 0.15) is 12.8 Å². The lowest BCUT2D eigenvalue weighted by Crippen LogP contribution is -2.26. The Hall–Kier alpha value is -0.585. The molecule has 1 atom stereocenters. The average Bonchev–Trinajstić information content (AvgIpc) is 2.67. The van der Waals surface area contributed by atoms with Crippen molar-refractivity contribution in [3.8, 4) is 0 Å². The molecular weight excluding hydrogens is 161 g/mol. The van der Waals surface area contributed by atoms with Gasteiger partial charge >= 0.3 is 13.5 Å². The molecule has 0 aliphatic carbocycles. The molecule has 1 saturated heterocycles. The van der Waals surface area contributed by atoms with Crippen LogP contribution < -0.4 is 5.73 Å². The number of nitrogens with two attached hydrogens (primary N) is 1. The number of carboxylic acid groups (broad SMARTS) is 1. The maximum atomic E-state index is 10.0. The minimum atomic E-state index is -0.855. The van der Waals surface area contributed by atoms with Crippen LogP contribution in [0.2, 0.25) is 0 Å². The smallest absolute Gasteiger partial charge is 0.347 e. The monoisotopic (exact) mass is 172 g/mol. The molecule has 1 rings (SSSR count). The van der Waals surface area contributed by atoms with E-state index >= 15 is 0 Å². The van der Waals surface area contributed by atoms with Crippen LogP contribution in [0.4, 0.5) is 0 Å². The molecule has 0 aromatic carbocycles. The molecular formula is C6H11BNO4. The topological polar surface area (TPSA) is 85.1 Å². The van der Waals surface area contributed by atoms with Crippen molar-refractivity contribution in [1.82, 2.24) is 0 Å². The Bertz CT molecular complexity index is 171. The van der Waals surface area contributed by atoms with E-state index in [1.165, 1.54) is 7.48 Å². The molecule has 1 radical (unpaired) electrons. The molecule has 6 heteroatoms. The summed E-state index contributed by atoms with van der Waals surface area (Å²) in [7, 11) is 1.54. The van der Waals surface area contributed by atoms with Crippen LogP contribution in [0.25, 0.3) is 0 Å². The van der Waals surface area contributed by atoms with Gasteiger partial charge in [-0.1, -0.05) is 0 Å². The van der Waals surface area contributed by atoms with Gasteiger partial charge < -0.3 is 20.2 Å². The first kappa shape index (κ1) is 9.50. The zero-order chi connectivity index (χ0) is 9.03. The molecule has 1 aliphatic heterocycles. The molecule has 0 amide bonds. The van der Waals surface area contributed by atoms with Gasteiger partial charge in [0.05, 0.1) is 13.0 Å². The molecule has 0 aromatic heterocycles. The summed E-state index contributed by atoms with van der Waals surface area (Å²) in [4.78, 5) is 10.0. The highest BCUT2D eigenvalue weighted by Gasteiger charge is 2.42. The second-order valence-corrected chi connectivity index (χ2v) is 2.70. The van der Waals surface area contributed by atoms with Crippen LogP contribution in [0.3, 0.4) is 0 Å². The van der Waals surface area contributed by atoms with E-state index in [0.29, 0.717) is 13.0 Å². The summed E-state index contributed by atoms with van der Waals surface area (Å²) >= 11 is 0. The first-order valence-electron chi connectivity index (χ1n) is 3.73. The lowest BCUT2D eigenvalue weighted by Gasteiger charge is -2.05. The largest absolute Gasteiger partial charge is 0.481 e. The van der Waals surface area contributed by atoms with E-state index in [4.69, 9.17) is 20.2 Å². The van der Waals surface area contributed by atoms with Crippen LogP contribution in [-0.4, -0.2) is 37.4 Å². The lowest BCUT2D eigenvalue weighted by atomic mass is 9.95. The van der Waals surface area contributed by atoms with Crippen molar-refractivity contribution < 1.29 is 19.3 Å². The van der Waals surface area contributed by atoms with Crippen molar-refractivity contribution in [2.24, 2.45) is 5.73 Å². The Labute approximate surface area is 71.1 Å². The van der Waals surface area contributed by atoms with Crippen LogP contribution >= 0.6 is 0 Å². The first-order valence-corrected chi connectivity index (χ1v) is 3.73. The number of ether oxygens (including phenoxy) is 1. The molecule has 1 aliphatic rings. The van der Waals surface area contributed by atoms with Gasteiger partial charge in [-0.15, -0.1) is 0 Å². The number of hydrogen-bond donors (Lipinski definition) is 2. The molecule has 0 saturated carbocycles. The van der Waals surface area contributed by atoms with Gasteiger partial charge in [0.25, 0.3) is 0 Å². The van der Waals surface area contributed by atoms with Crippen molar-refractivity contribution >= 4 is 13.5 Å². The number of hydrogen-bond acceptors (Lipinski definition) is 4. The van der Waals surface area contributed by atoms with Crippen LogP contribution in [0.5, 0.6) is 0 Å². The Morgan fingerprint density at radius 2 is 2.33 bits per heavy atom. The molecule has 5 nitrogen and oxygen atoms in total. The standard InChI is InChI=1S/C6H11BNO4/c8-6(7-12-6)2-4-11-3-1-5(9)10/h1-4,8H2,(H,9,10). The summed E-state index contributed by atoms with van der Waals surface area (Å²) in [5, 5.41) is 8.25. The van der Waals surface area contributed by atoms with Gasteiger partial charge in [-0.2, -0.15) is 0 Å². The quantitative estimate of drug-likeness (QED) is 0.309. The second kappa shape index (κ2) is 3.89. The van der Waals surface area contributed by atoms with Crippen molar-refractivity contribution in [3.05, 3.63) is 0 Å². The Balaban J connectivity index is 1.86. The van der Waals surface area contributed by atoms with E-state index in [0.717, 1.165) is 0 Å². The van der Waals surface area contributed by atoms with E-state index in [1.54, 1.807) is 0 Å². The highest BCUT2D eigenvalue weighted by Crippen LogP contribution is 2.20. The molecule has 0 aromatic rings. The predicted molar refractivity (Wildman–Crippen MR) is 41.4 cm³/mol. The minimum Gasteiger partial charge on any atom is -0.481 e. The highest BCUT2D eigenvalue weighted by molar-refractivity contribution is 6.42. The second-order valence-electron chi connectivity index (χ2n) is 2.70. The molecule has 1 heterocycles. The summed E-state index contributed by atoms with van der Waals surface area (Å²) in [6.07, 6.45) is 0.606. The van der Waals surface area contributed by atoms with Crippen LogP contribution in [0.15, 0.2) is 0 Å². The van der Waals surface area contributed by atoms with E-state index in [9.17, 15) is 4.79 Å². The average molecular weight is 172 g/mol. The minimum absolute atomic E-state index is 0.0299. The van der Waals surface area contributed by atoms with Crippen molar-refractivity contribution in [2.45, 2.75) is 18.5 Å². The van der Waals surface area contributed by atoms with Gasteiger partial charge in [0.15, 0.2) is 0 Å². The van der Waals surface area contributed by atoms with Gasteiger partial charge in [0.1, 0.15) is 5.62 Å². The molecule has 3 N–H and O–H groups in total. The van der Waals surface area contributed by atoms with Gasteiger partial charge in [-0.05, 0) is 0 Å². The van der Waals surface area contributed by atoms with E-state index in [1.807, 2.05) is 0 Å². The molecule has 1 unspecified atom stereocenters. The normalized spacial score (nSPS) is 26.4. The van der Waals surface area contributed by atoms with E-state index in [2.05, 4.69) is 0 Å². The number of rotatable bonds is 6. The van der Waals surface area contributed by atoms with E-state index < -0.39 is 11.6 Å². The third-order valence-electron chi connectivity index (χ3n) is 1.52. The zero-order valence-corrected chi connectivity index (χ0v) is 6.66. The summed E-state index contributed by atoms with van der Waals surface area (Å²) in [6, 6.07) is 0. The molecule has 12 heavy (non-hydrogen) atoms. The molecule has 1 fully saturated rings. The van der Waals surface area contributed by atoms with Crippen molar-refractivity contribution in [3.63, 3.8) is 0 Å². The van der Waals surface area contributed by atoms with Crippen LogP contribution in [-0.2, 0) is 14.2 Å². The van der Waals surface area contributed by atoms with Gasteiger partial charge in [0, 0.05) is 13.0 Å².